The van der Waals surface area contributed by atoms with Gasteiger partial charge in [0, 0.05) is 81.1 Å². The normalized spacial score (nSPS) is 17.2. The number of imidazole rings is 3. The number of aliphatic hydroxyl groups is 4. The zero-order valence-electron chi connectivity index (χ0n) is 58.5. The van der Waals surface area contributed by atoms with Crippen molar-refractivity contribution in [3.63, 3.8) is 0 Å². The third-order valence-electron chi connectivity index (χ3n) is 18.5. The highest BCUT2D eigenvalue weighted by Gasteiger charge is 2.53. The van der Waals surface area contributed by atoms with Crippen LogP contribution in [-0.2, 0) is 44.5 Å². The van der Waals surface area contributed by atoms with E-state index in [0.29, 0.717) is 78.7 Å². The molecule has 0 radical (unpaired) electrons. The molecule has 0 aliphatic carbocycles. The molecule has 0 bridgehead atoms. The molecule has 15 rings (SSSR count). The molecule has 6 heterocycles. The van der Waals surface area contributed by atoms with Crippen molar-refractivity contribution >= 4 is 116 Å². The molecule has 3 aromatic heterocycles. The van der Waals surface area contributed by atoms with Gasteiger partial charge in [0.2, 0.25) is 17.8 Å². The molecule has 11 N–H and O–H groups in total. The summed E-state index contributed by atoms with van der Waals surface area (Å²) in [5, 5.41) is 61.3. The lowest BCUT2D eigenvalue weighted by Crippen LogP contribution is -2.45. The Hall–Kier alpha value is -12.1. The van der Waals surface area contributed by atoms with Crippen molar-refractivity contribution in [1.29, 1.82) is 0 Å². The van der Waals surface area contributed by atoms with Crippen molar-refractivity contribution in [3.05, 3.63) is 277 Å². The number of anilines is 4. The van der Waals surface area contributed by atoms with Crippen LogP contribution in [-0.4, -0.2) is 135 Å². The molecule has 552 valence electrons. The number of aliphatic hydroxyl groups excluding tert-OH is 1. The molecule has 0 saturated carbocycles. The first-order valence-corrected chi connectivity index (χ1v) is 34.5. The Kier molecular flexibility index (Phi) is 20.4. The molecule has 9 aromatic carbocycles. The van der Waals surface area contributed by atoms with Gasteiger partial charge >= 0.3 is 18.3 Å². The number of amides is 6. The number of H-pyrrole nitrogens is 3. The summed E-state index contributed by atoms with van der Waals surface area (Å²) < 4.78 is 29.7. The summed E-state index contributed by atoms with van der Waals surface area (Å²) in [6.45, 7) is 8.41. The fourth-order valence-corrected chi connectivity index (χ4v) is 13.7. The number of fused-ring (bicyclic) bond motifs is 6. The Bertz CT molecular complexity index is 5470. The Balaban J connectivity index is 0.000000143. The number of rotatable bonds is 18. The maximum Gasteiger partial charge on any atom is 0.413 e. The summed E-state index contributed by atoms with van der Waals surface area (Å²) in [5.74, 6) is -1.51. The van der Waals surface area contributed by atoms with Gasteiger partial charge in [-0.25, -0.2) is 33.7 Å². The second-order valence-corrected chi connectivity index (χ2v) is 28.3. The zero-order valence-corrected chi connectivity index (χ0v) is 60.0. The van der Waals surface area contributed by atoms with Gasteiger partial charge in [0.05, 0.1) is 62.0 Å². The van der Waals surface area contributed by atoms with E-state index in [0.717, 1.165) is 16.0 Å². The molecule has 29 heteroatoms. The Morgan fingerprint density at radius 2 is 0.852 bits per heavy atom. The number of nitrogens with one attached hydrogen (secondary N) is 6. The molecule has 12 aromatic rings. The van der Waals surface area contributed by atoms with Gasteiger partial charge in [-0.3, -0.25) is 45.0 Å². The third-order valence-corrected chi connectivity index (χ3v) is 19.0. The average Bonchev–Trinajstić information content (AvgIpc) is 1.56. The van der Waals surface area contributed by atoms with Crippen LogP contribution >= 0.6 is 23.2 Å². The Labute approximate surface area is 625 Å². The molecule has 0 saturated heterocycles. The lowest BCUT2D eigenvalue weighted by Gasteiger charge is -2.35. The first-order valence-electron chi connectivity index (χ1n) is 33.8. The second kappa shape index (κ2) is 29.7. The number of aromatic amines is 3. The fraction of sp³-hybridized carbons (Fsp3) is 0.203. The van der Waals surface area contributed by atoms with Crippen molar-refractivity contribution < 1.29 is 72.9 Å². The number of hydrogen-bond donors (Lipinski definition) is 11. The molecular formula is C79H71Cl2FN12O14. The number of nitrogens with zero attached hydrogens (tertiary/aromatic N) is 6. The lowest BCUT2D eigenvalue weighted by atomic mass is 9.93. The van der Waals surface area contributed by atoms with Crippen LogP contribution in [0.1, 0.15) is 103 Å². The van der Waals surface area contributed by atoms with Crippen LogP contribution < -0.4 is 20.9 Å². The number of carboxylic acid groups (broad SMARTS) is 1. The largest absolute Gasteiger partial charge is 0.465 e. The summed E-state index contributed by atoms with van der Waals surface area (Å²) in [6, 6.07) is 57.2. The minimum Gasteiger partial charge on any atom is -0.465 e. The van der Waals surface area contributed by atoms with Gasteiger partial charge in [-0.1, -0.05) is 184 Å². The first kappa shape index (κ1) is 74.2. The predicted molar refractivity (Wildman–Crippen MR) is 401 cm³/mol. The first-order chi connectivity index (χ1) is 51.6. The minimum atomic E-state index is -2.01. The molecule has 26 nitrogen and oxygen atoms in total. The van der Waals surface area contributed by atoms with Crippen molar-refractivity contribution in [1.82, 2.24) is 39.7 Å². The van der Waals surface area contributed by atoms with E-state index in [-0.39, 0.29) is 94.8 Å². The maximum atomic E-state index is 14.1. The van der Waals surface area contributed by atoms with Crippen LogP contribution in [0, 0.1) is 16.6 Å². The van der Waals surface area contributed by atoms with Crippen LogP contribution in [0.15, 0.2) is 200 Å². The number of aromatic nitrogens is 6. The van der Waals surface area contributed by atoms with E-state index >= 15 is 0 Å². The summed E-state index contributed by atoms with van der Waals surface area (Å²) in [4.78, 5) is 102. The minimum absolute atomic E-state index is 0.00140. The Morgan fingerprint density at radius 1 is 0.491 bits per heavy atom. The van der Waals surface area contributed by atoms with Gasteiger partial charge in [-0.05, 0) is 77.9 Å². The zero-order chi connectivity index (χ0) is 76.6. The number of methoxy groups -OCH3 is 1. The van der Waals surface area contributed by atoms with Crippen LogP contribution in [0.2, 0.25) is 10.0 Å². The van der Waals surface area contributed by atoms with Crippen molar-refractivity contribution in [2.45, 2.75) is 58.0 Å². The van der Waals surface area contributed by atoms with Gasteiger partial charge in [0.1, 0.15) is 13.2 Å². The summed E-state index contributed by atoms with van der Waals surface area (Å²) in [7, 11) is 1.60. The number of ether oxygens (including phenoxy) is 3. The van der Waals surface area contributed by atoms with E-state index < -0.39 is 52.6 Å². The molecule has 3 atom stereocenters. The number of carbonyl (C=O) groups excluding carboxylic acids is 5. The van der Waals surface area contributed by atoms with Gasteiger partial charge < -0.3 is 54.7 Å². The summed E-state index contributed by atoms with van der Waals surface area (Å²) >= 11 is 11.9. The van der Waals surface area contributed by atoms with Crippen LogP contribution in [0.4, 0.5) is 42.3 Å². The third kappa shape index (κ3) is 14.4. The standard InChI is InChI=1S/C29H30N4O5.C28H28N4O5.C22H13Cl2FN4O4/c1-28(2,17-37-3)18-38-27(35)32-26-30-23-14-13-20(15-24(23)31-26)29(36)22-12-8-7-11-21(22)25(34)33(29)16-19-9-5-4-6-10-19;1-27(2,16-33)17-37-26(35)31-25-29-22-13-12-19(14-23(22)30-25)28(36)21-11-7-6-10-20(21)24(34)32(28)15-18-8-4-3-5-9-18;23-14-8-11(9-15(24)18(14)25)29-19(30)12-3-1-2-4-13(12)22(29,33)10-5-6-16-17(7-10)27-20(26-16)28-21(31)32/h4-15,36H,16-18H2,1-3H3,(H2,30,31,32,35);3-14,33,36H,15-17H2,1-2H3,(H2,29,30,31,35);1-9,33H,(H,31,32)(H2,26,27,28). The van der Waals surface area contributed by atoms with Gasteiger partial charge in [0.15, 0.2) is 23.0 Å². The van der Waals surface area contributed by atoms with Gasteiger partial charge in [0.25, 0.3) is 17.7 Å². The predicted octanol–water partition coefficient (Wildman–Crippen LogP) is 13.6. The van der Waals surface area contributed by atoms with Crippen LogP contribution in [0.3, 0.4) is 0 Å². The van der Waals surface area contributed by atoms with Crippen LogP contribution in [0.5, 0.6) is 0 Å². The van der Waals surface area contributed by atoms with E-state index in [4.69, 9.17) is 42.5 Å². The molecular weight excluding hydrogens is 1430 g/mol. The van der Waals surface area contributed by atoms with Crippen LogP contribution in [0.25, 0.3) is 33.1 Å². The SMILES string of the molecule is CC(C)(CO)COC(=O)Nc1nc2cc(C3(O)c4ccccc4C(=O)N3Cc3ccccc3)ccc2[nH]1.COCC(C)(C)COC(=O)Nc1nc2cc(C3(O)c4ccccc4C(=O)N3Cc3ccccc3)ccc2[nH]1.O=C(O)Nc1nc2cc(C3(O)c4ccccc4C(=O)N3c3cc(Cl)c(F)c(Cl)c3)ccc2[nH]1. The molecule has 108 heavy (non-hydrogen) atoms. The van der Waals surface area contributed by atoms with Crippen molar-refractivity contribution in [2.75, 3.05) is 54.4 Å². The van der Waals surface area contributed by atoms with E-state index in [1.165, 1.54) is 28.0 Å². The molecule has 6 amide bonds. The monoisotopic (exact) mass is 1500 g/mol. The number of halogens is 3. The lowest BCUT2D eigenvalue weighted by molar-refractivity contribution is -0.0548. The smallest absolute Gasteiger partial charge is 0.413 e. The highest BCUT2D eigenvalue weighted by molar-refractivity contribution is 6.35. The summed E-state index contributed by atoms with van der Waals surface area (Å²) in [5.41, 5.74) is 2.37. The molecule has 0 fully saturated rings. The number of hydrogen-bond acceptors (Lipinski definition) is 16. The molecule has 3 aliphatic heterocycles. The highest BCUT2D eigenvalue weighted by Crippen LogP contribution is 2.49. The van der Waals surface area contributed by atoms with Gasteiger partial charge in [-0.2, -0.15) is 0 Å². The molecule has 3 aliphatic rings. The quantitative estimate of drug-likeness (QED) is 0.0356. The Morgan fingerprint density at radius 3 is 1.25 bits per heavy atom. The fourth-order valence-electron chi connectivity index (χ4n) is 13.2. The molecule has 0 spiro atoms. The van der Waals surface area contributed by atoms with Gasteiger partial charge in [-0.15, -0.1) is 0 Å². The topological polar surface area (TPSA) is 363 Å². The maximum absolute atomic E-state index is 14.1. The van der Waals surface area contributed by atoms with E-state index in [9.17, 15) is 53.6 Å². The van der Waals surface area contributed by atoms with E-state index in [1.54, 1.807) is 142 Å². The molecule has 3 unspecified atom stereocenters. The van der Waals surface area contributed by atoms with E-state index in [1.807, 2.05) is 74.5 Å². The number of benzene rings is 9. The second-order valence-electron chi connectivity index (χ2n) is 27.5. The number of carbonyl (C=O) groups is 6. The summed E-state index contributed by atoms with van der Waals surface area (Å²) in [6.07, 6.45) is -2.64. The van der Waals surface area contributed by atoms with Crippen molar-refractivity contribution in [2.24, 2.45) is 10.8 Å². The van der Waals surface area contributed by atoms with E-state index in [2.05, 4.69) is 45.9 Å². The highest BCUT2D eigenvalue weighted by atomic mass is 35.5. The van der Waals surface area contributed by atoms with Crippen molar-refractivity contribution in [3.8, 4) is 0 Å². The average molecular weight is 1500 g/mol.